The predicted molar refractivity (Wildman–Crippen MR) is 165 cm³/mol. The van der Waals surface area contributed by atoms with Gasteiger partial charge in [0.25, 0.3) is 0 Å². The standard InChI is InChI=1S/C35H47N2O3/c1-6-36-30-18-11-9-16-28(30)34(2,3)32(36)20-14-21-33-35(4,5)29-17-10-12-19-31(29)37(33)22-13-7-8-15-27(40)23-26(24-38)25-39/h9-12,14,16-21,26,38-39H,6-8,13,15,22-25H2,1-5H3/q+1. The van der Waals surface area contributed by atoms with Crippen molar-refractivity contribution in [2.24, 2.45) is 5.92 Å². The molecule has 2 heterocycles. The number of Topliss-reactive ketones (excluding diaryl/α,β-unsaturated/α-hetero) is 1. The minimum Gasteiger partial charge on any atom is -0.396 e. The van der Waals surface area contributed by atoms with Crippen molar-refractivity contribution < 1.29 is 19.6 Å². The van der Waals surface area contributed by atoms with Gasteiger partial charge in [0.2, 0.25) is 5.69 Å². The summed E-state index contributed by atoms with van der Waals surface area (Å²) in [5.74, 6) is -0.204. The van der Waals surface area contributed by atoms with Crippen LogP contribution in [-0.2, 0) is 15.6 Å². The number of benzene rings is 2. The minimum atomic E-state index is -0.330. The number of para-hydroxylation sites is 2. The third kappa shape index (κ3) is 5.87. The molecule has 0 atom stereocenters. The summed E-state index contributed by atoms with van der Waals surface area (Å²) in [7, 11) is 0. The van der Waals surface area contributed by atoms with E-state index in [2.05, 4.69) is 111 Å². The van der Waals surface area contributed by atoms with E-state index in [-0.39, 0.29) is 42.2 Å². The molecule has 0 aromatic heterocycles. The van der Waals surface area contributed by atoms with E-state index >= 15 is 0 Å². The van der Waals surface area contributed by atoms with Gasteiger partial charge in [-0.1, -0.05) is 56.3 Å². The van der Waals surface area contributed by atoms with E-state index in [9.17, 15) is 15.0 Å². The fraction of sp³-hybridized carbons (Fsp3) is 0.486. The zero-order valence-corrected chi connectivity index (χ0v) is 25.0. The number of rotatable bonds is 13. The van der Waals surface area contributed by atoms with Crippen LogP contribution in [0.4, 0.5) is 11.4 Å². The molecule has 2 N–H and O–H groups in total. The number of carbonyl (C=O) groups excluding carboxylic acids is 1. The molecule has 2 aromatic carbocycles. The van der Waals surface area contributed by atoms with Crippen molar-refractivity contribution in [1.82, 2.24) is 0 Å². The normalized spacial score (nSPS) is 18.3. The molecule has 5 heteroatoms. The summed E-state index contributed by atoms with van der Waals surface area (Å²) >= 11 is 0. The Morgan fingerprint density at radius 1 is 0.925 bits per heavy atom. The Morgan fingerprint density at radius 3 is 2.30 bits per heavy atom. The molecule has 5 nitrogen and oxygen atoms in total. The number of likely N-dealkylation sites (N-methyl/N-ethyl adjacent to an activating group) is 1. The Bertz CT molecular complexity index is 1300. The summed E-state index contributed by atoms with van der Waals surface area (Å²) < 4.78 is 2.46. The van der Waals surface area contributed by atoms with Gasteiger partial charge in [-0.05, 0) is 51.3 Å². The van der Waals surface area contributed by atoms with Crippen LogP contribution in [0.2, 0.25) is 0 Å². The maximum absolute atomic E-state index is 12.2. The molecule has 2 aliphatic rings. The largest absolute Gasteiger partial charge is 0.396 e. The fourth-order valence-electron chi connectivity index (χ4n) is 6.47. The van der Waals surface area contributed by atoms with Crippen LogP contribution in [0.15, 0.2) is 72.5 Å². The molecule has 214 valence electrons. The first kappa shape index (κ1) is 30.0. The van der Waals surface area contributed by atoms with E-state index < -0.39 is 0 Å². The highest BCUT2D eigenvalue weighted by Gasteiger charge is 2.44. The fourth-order valence-corrected chi connectivity index (χ4v) is 6.47. The first-order valence-corrected chi connectivity index (χ1v) is 14.9. The molecule has 2 aromatic rings. The molecule has 0 amide bonds. The lowest BCUT2D eigenvalue weighted by molar-refractivity contribution is -0.438. The summed E-state index contributed by atoms with van der Waals surface area (Å²) in [6.07, 6.45) is 10.4. The third-order valence-electron chi connectivity index (χ3n) is 8.79. The van der Waals surface area contributed by atoms with Crippen molar-refractivity contribution in [1.29, 1.82) is 0 Å². The Hall–Kier alpha value is -3.02. The SMILES string of the molecule is CCN1C(=CC=CC2=[N+](CCCCCC(=O)CC(CO)CO)c3ccccc3C2(C)C)C(C)(C)c2ccccc21. The number of carbonyl (C=O) groups is 1. The maximum Gasteiger partial charge on any atom is 0.209 e. The highest BCUT2D eigenvalue weighted by Crippen LogP contribution is 2.47. The maximum atomic E-state index is 12.2. The highest BCUT2D eigenvalue weighted by molar-refractivity contribution is 6.03. The number of hydrogen-bond donors (Lipinski definition) is 2. The van der Waals surface area contributed by atoms with Gasteiger partial charge in [0.15, 0.2) is 5.71 Å². The molecule has 2 aliphatic heterocycles. The molecule has 0 aliphatic carbocycles. The zero-order chi connectivity index (χ0) is 28.9. The second-order valence-electron chi connectivity index (χ2n) is 12.3. The first-order valence-electron chi connectivity index (χ1n) is 14.9. The van der Waals surface area contributed by atoms with Gasteiger partial charge in [-0.15, -0.1) is 0 Å². The van der Waals surface area contributed by atoms with Crippen molar-refractivity contribution in [2.75, 3.05) is 31.2 Å². The van der Waals surface area contributed by atoms with Crippen LogP contribution < -0.4 is 4.90 Å². The Labute approximate surface area is 240 Å². The van der Waals surface area contributed by atoms with Gasteiger partial charge >= 0.3 is 0 Å². The number of unbranched alkanes of at least 4 members (excludes halogenated alkanes) is 2. The van der Waals surface area contributed by atoms with Gasteiger partial charge in [-0.2, -0.15) is 4.58 Å². The van der Waals surface area contributed by atoms with Gasteiger partial charge in [-0.3, -0.25) is 4.79 Å². The Kier molecular flexibility index (Phi) is 9.48. The molecule has 4 rings (SSSR count). The van der Waals surface area contributed by atoms with E-state index in [1.165, 1.54) is 33.9 Å². The molecular formula is C35H47N2O3+. The highest BCUT2D eigenvalue weighted by atomic mass is 16.3. The number of allylic oxidation sites excluding steroid dienone is 4. The van der Waals surface area contributed by atoms with E-state index in [0.29, 0.717) is 6.42 Å². The number of anilines is 1. The Balaban J connectivity index is 1.52. The van der Waals surface area contributed by atoms with Gasteiger partial charge in [0, 0.05) is 79.4 Å². The van der Waals surface area contributed by atoms with E-state index in [1.807, 2.05) is 0 Å². The first-order chi connectivity index (χ1) is 19.2. The predicted octanol–water partition coefficient (Wildman–Crippen LogP) is 6.44. The average Bonchev–Trinajstić information content (AvgIpc) is 3.30. The molecule has 0 radical (unpaired) electrons. The second-order valence-corrected chi connectivity index (χ2v) is 12.3. The quantitative estimate of drug-likeness (QED) is 0.225. The summed E-state index contributed by atoms with van der Waals surface area (Å²) in [6.45, 7) is 13.0. The smallest absolute Gasteiger partial charge is 0.209 e. The third-order valence-corrected chi connectivity index (χ3v) is 8.79. The van der Waals surface area contributed by atoms with Crippen LogP contribution in [0.25, 0.3) is 0 Å². The van der Waals surface area contributed by atoms with Gasteiger partial charge in [-0.25, -0.2) is 0 Å². The lowest BCUT2D eigenvalue weighted by Crippen LogP contribution is -2.28. The molecule has 40 heavy (non-hydrogen) atoms. The molecular weight excluding hydrogens is 496 g/mol. The molecule has 0 spiro atoms. The van der Waals surface area contributed by atoms with Crippen molar-refractivity contribution >= 4 is 22.9 Å². The summed E-state index contributed by atoms with van der Waals surface area (Å²) in [5, 5.41) is 18.5. The number of fused-ring (bicyclic) bond motifs is 2. The van der Waals surface area contributed by atoms with Crippen LogP contribution in [0, 0.1) is 5.92 Å². The van der Waals surface area contributed by atoms with Crippen LogP contribution in [-0.4, -0.2) is 52.6 Å². The van der Waals surface area contributed by atoms with Crippen LogP contribution in [0.1, 0.15) is 77.8 Å². The molecule has 0 unspecified atom stereocenters. The van der Waals surface area contributed by atoms with Crippen molar-refractivity contribution in [3.05, 3.63) is 83.6 Å². The second kappa shape index (κ2) is 12.7. The topological polar surface area (TPSA) is 63.8 Å². The average molecular weight is 544 g/mol. The van der Waals surface area contributed by atoms with Crippen molar-refractivity contribution in [3.8, 4) is 0 Å². The molecule has 0 bridgehead atoms. The number of hydrogen-bond acceptors (Lipinski definition) is 4. The number of ketones is 1. The summed E-state index contributed by atoms with van der Waals surface area (Å²) in [4.78, 5) is 14.7. The monoisotopic (exact) mass is 543 g/mol. The minimum absolute atomic E-state index is 0.0543. The summed E-state index contributed by atoms with van der Waals surface area (Å²) in [5.41, 5.74) is 7.76. The number of aliphatic hydroxyl groups is 2. The van der Waals surface area contributed by atoms with Crippen LogP contribution >= 0.6 is 0 Å². The lowest BCUT2D eigenvalue weighted by atomic mass is 9.81. The van der Waals surface area contributed by atoms with Gasteiger partial charge in [0.1, 0.15) is 12.3 Å². The molecule has 0 saturated carbocycles. The number of aliphatic hydroxyl groups excluding tert-OH is 2. The van der Waals surface area contributed by atoms with Crippen molar-refractivity contribution in [2.45, 2.75) is 77.6 Å². The number of nitrogens with zero attached hydrogens (tertiary/aromatic N) is 2. The zero-order valence-electron chi connectivity index (χ0n) is 25.0. The van der Waals surface area contributed by atoms with Crippen molar-refractivity contribution in [3.63, 3.8) is 0 Å². The summed E-state index contributed by atoms with van der Waals surface area (Å²) in [6, 6.07) is 17.4. The van der Waals surface area contributed by atoms with E-state index in [0.717, 1.165) is 32.4 Å². The van der Waals surface area contributed by atoms with Gasteiger partial charge < -0.3 is 15.1 Å². The molecule has 0 fully saturated rings. The van der Waals surface area contributed by atoms with E-state index in [4.69, 9.17) is 0 Å². The molecule has 0 saturated heterocycles. The van der Waals surface area contributed by atoms with Crippen LogP contribution in [0.3, 0.4) is 0 Å². The van der Waals surface area contributed by atoms with Gasteiger partial charge in [0.05, 0.1) is 5.41 Å². The lowest BCUT2D eigenvalue weighted by Gasteiger charge is -2.25. The Morgan fingerprint density at radius 2 is 1.60 bits per heavy atom. The van der Waals surface area contributed by atoms with Crippen LogP contribution in [0.5, 0.6) is 0 Å². The van der Waals surface area contributed by atoms with E-state index in [1.54, 1.807) is 0 Å².